The molecule has 0 bridgehead atoms. The lowest BCUT2D eigenvalue weighted by molar-refractivity contribution is -0.384. The smallest absolute Gasteiger partial charge is 0.269 e. The van der Waals surface area contributed by atoms with Gasteiger partial charge in [-0.05, 0) is 24.5 Å². The highest BCUT2D eigenvalue weighted by Gasteiger charge is 2.27. The summed E-state index contributed by atoms with van der Waals surface area (Å²) in [5.74, 6) is -0.444. The summed E-state index contributed by atoms with van der Waals surface area (Å²) < 4.78 is 0. The molecule has 1 aliphatic heterocycles. The molecule has 3 rings (SSSR count). The van der Waals surface area contributed by atoms with E-state index in [1.165, 1.54) is 24.3 Å². The van der Waals surface area contributed by atoms with E-state index in [9.17, 15) is 25.0 Å². The molecule has 162 valence electrons. The number of carbonyl (C=O) groups is 2. The van der Waals surface area contributed by atoms with Crippen molar-refractivity contribution in [1.82, 2.24) is 10.6 Å². The average Bonchev–Trinajstić information content (AvgIpc) is 3.12. The van der Waals surface area contributed by atoms with Crippen LogP contribution in [0.25, 0.3) is 5.70 Å². The highest BCUT2D eigenvalue weighted by atomic mass is 16.6. The maximum absolute atomic E-state index is 12.7. The van der Waals surface area contributed by atoms with Crippen LogP contribution in [-0.4, -0.2) is 29.1 Å². The van der Waals surface area contributed by atoms with Crippen LogP contribution >= 0.6 is 0 Å². The summed E-state index contributed by atoms with van der Waals surface area (Å²) >= 11 is 0. The van der Waals surface area contributed by atoms with Gasteiger partial charge in [-0.1, -0.05) is 38.1 Å². The predicted molar refractivity (Wildman–Crippen MR) is 119 cm³/mol. The first-order valence-electron chi connectivity index (χ1n) is 9.98. The van der Waals surface area contributed by atoms with E-state index in [0.717, 1.165) is 6.42 Å². The minimum absolute atomic E-state index is 0.127. The van der Waals surface area contributed by atoms with E-state index >= 15 is 0 Å². The molecule has 2 amide bonds. The number of hydrogen-bond donors (Lipinski definition) is 2. The first-order chi connectivity index (χ1) is 15.3. The number of fused-ring (bicyclic) bond motifs is 1. The second kappa shape index (κ2) is 9.66. The van der Waals surface area contributed by atoms with Gasteiger partial charge in [-0.15, -0.1) is 0 Å². The molecular weight excluding hydrogens is 410 g/mol. The Morgan fingerprint density at radius 3 is 2.38 bits per heavy atom. The number of carbonyl (C=O) groups excluding carboxylic acids is 2. The minimum Gasteiger partial charge on any atom is -0.351 e. The third-order valence-corrected chi connectivity index (χ3v) is 4.82. The molecule has 0 aromatic heterocycles. The normalized spacial score (nSPS) is 13.6. The lowest BCUT2D eigenvalue weighted by atomic mass is 10.0. The molecule has 0 spiro atoms. The van der Waals surface area contributed by atoms with E-state index in [1.54, 1.807) is 24.3 Å². The molecule has 1 heterocycles. The molecule has 9 heteroatoms. The van der Waals surface area contributed by atoms with Crippen LogP contribution < -0.4 is 10.6 Å². The Morgan fingerprint density at radius 1 is 1.12 bits per heavy atom. The summed E-state index contributed by atoms with van der Waals surface area (Å²) in [7, 11) is 0. The van der Waals surface area contributed by atoms with Crippen molar-refractivity contribution in [2.75, 3.05) is 6.54 Å². The van der Waals surface area contributed by atoms with Crippen molar-refractivity contribution in [3.63, 3.8) is 0 Å². The zero-order valence-corrected chi connectivity index (χ0v) is 17.6. The fraction of sp³-hybridized carbons (Fsp3) is 0.217. The SMILES string of the molecule is CC(C)CCNC(=O)C(C#N)=C1N=C(NC(=O)c2ccc([N+](=O)[O-])cc2)c2ccccc21. The summed E-state index contributed by atoms with van der Waals surface area (Å²) in [6, 6.07) is 14.0. The number of amidine groups is 1. The summed E-state index contributed by atoms with van der Waals surface area (Å²) in [6.07, 6.45) is 0.774. The second-order valence-corrected chi connectivity index (χ2v) is 7.54. The minimum atomic E-state index is -0.550. The summed E-state index contributed by atoms with van der Waals surface area (Å²) in [6.45, 7) is 4.50. The van der Waals surface area contributed by atoms with Crippen LogP contribution in [0, 0.1) is 27.4 Å². The van der Waals surface area contributed by atoms with Crippen molar-refractivity contribution in [2.45, 2.75) is 20.3 Å². The lowest BCUT2D eigenvalue weighted by Crippen LogP contribution is -2.30. The predicted octanol–water partition coefficient (Wildman–Crippen LogP) is 3.18. The average molecular weight is 431 g/mol. The first-order valence-corrected chi connectivity index (χ1v) is 9.98. The first kappa shape index (κ1) is 22.4. The molecule has 0 radical (unpaired) electrons. The molecule has 0 saturated heterocycles. The van der Waals surface area contributed by atoms with Crippen molar-refractivity contribution < 1.29 is 14.5 Å². The van der Waals surface area contributed by atoms with Gasteiger partial charge in [0, 0.05) is 35.4 Å². The summed E-state index contributed by atoms with van der Waals surface area (Å²) in [5.41, 5.74) is 1.25. The third kappa shape index (κ3) is 4.87. The van der Waals surface area contributed by atoms with Gasteiger partial charge in [0.25, 0.3) is 17.5 Å². The van der Waals surface area contributed by atoms with E-state index in [2.05, 4.69) is 15.6 Å². The molecule has 0 aliphatic carbocycles. The van der Waals surface area contributed by atoms with E-state index < -0.39 is 16.7 Å². The van der Waals surface area contributed by atoms with E-state index in [1.807, 2.05) is 19.9 Å². The van der Waals surface area contributed by atoms with Crippen LogP contribution in [0.3, 0.4) is 0 Å². The molecule has 2 aromatic rings. The molecule has 1 aliphatic rings. The molecule has 0 saturated carbocycles. The van der Waals surface area contributed by atoms with Gasteiger partial charge in [0.1, 0.15) is 17.5 Å². The Labute approximate surface area is 184 Å². The van der Waals surface area contributed by atoms with Gasteiger partial charge in [-0.3, -0.25) is 19.7 Å². The Bertz CT molecular complexity index is 1170. The number of nitrogens with zero attached hydrogens (tertiary/aromatic N) is 3. The van der Waals surface area contributed by atoms with E-state index in [4.69, 9.17) is 0 Å². The number of nitrogens with one attached hydrogen (secondary N) is 2. The van der Waals surface area contributed by atoms with Crippen LogP contribution in [0.1, 0.15) is 41.8 Å². The molecule has 0 unspecified atom stereocenters. The van der Waals surface area contributed by atoms with Crippen molar-refractivity contribution in [3.05, 3.63) is 80.9 Å². The van der Waals surface area contributed by atoms with Crippen LogP contribution in [-0.2, 0) is 4.79 Å². The number of benzene rings is 2. The summed E-state index contributed by atoms with van der Waals surface area (Å²) in [5, 5.41) is 25.8. The zero-order valence-electron chi connectivity index (χ0n) is 17.6. The largest absolute Gasteiger partial charge is 0.351 e. The van der Waals surface area contributed by atoms with Crippen molar-refractivity contribution >= 4 is 29.0 Å². The van der Waals surface area contributed by atoms with Crippen LogP contribution in [0.5, 0.6) is 0 Å². The van der Waals surface area contributed by atoms with Crippen LogP contribution in [0.4, 0.5) is 5.69 Å². The lowest BCUT2D eigenvalue weighted by Gasteiger charge is -2.07. The van der Waals surface area contributed by atoms with Crippen LogP contribution in [0.15, 0.2) is 59.1 Å². The summed E-state index contributed by atoms with van der Waals surface area (Å²) in [4.78, 5) is 39.9. The molecule has 9 nitrogen and oxygen atoms in total. The number of nitro benzene ring substituents is 1. The number of non-ortho nitro benzene ring substituents is 1. The Morgan fingerprint density at radius 2 is 1.78 bits per heavy atom. The van der Waals surface area contributed by atoms with E-state index in [-0.39, 0.29) is 28.4 Å². The van der Waals surface area contributed by atoms with Gasteiger partial charge < -0.3 is 10.6 Å². The molecule has 32 heavy (non-hydrogen) atoms. The zero-order chi connectivity index (χ0) is 23.3. The van der Waals surface area contributed by atoms with Gasteiger partial charge in [-0.25, -0.2) is 4.99 Å². The Hall–Kier alpha value is -4.32. The number of rotatable bonds is 6. The molecule has 0 fully saturated rings. The number of nitro groups is 1. The quantitative estimate of drug-likeness (QED) is 0.313. The maximum Gasteiger partial charge on any atom is 0.269 e. The maximum atomic E-state index is 12.7. The molecule has 0 atom stereocenters. The third-order valence-electron chi connectivity index (χ3n) is 4.82. The van der Waals surface area contributed by atoms with Gasteiger partial charge in [0.15, 0.2) is 0 Å². The fourth-order valence-electron chi connectivity index (χ4n) is 3.10. The monoisotopic (exact) mass is 431 g/mol. The van der Waals surface area contributed by atoms with E-state index in [0.29, 0.717) is 23.6 Å². The highest BCUT2D eigenvalue weighted by Crippen LogP contribution is 2.30. The van der Waals surface area contributed by atoms with Gasteiger partial charge in [-0.2, -0.15) is 5.26 Å². The molecule has 2 aromatic carbocycles. The second-order valence-electron chi connectivity index (χ2n) is 7.54. The van der Waals surface area contributed by atoms with Crippen molar-refractivity contribution in [2.24, 2.45) is 10.9 Å². The number of nitriles is 1. The van der Waals surface area contributed by atoms with Crippen molar-refractivity contribution in [3.8, 4) is 6.07 Å². The van der Waals surface area contributed by atoms with Gasteiger partial charge >= 0.3 is 0 Å². The Balaban J connectivity index is 1.89. The van der Waals surface area contributed by atoms with Crippen LogP contribution in [0.2, 0.25) is 0 Å². The number of aliphatic imine (C=N–C) groups is 1. The number of amides is 2. The van der Waals surface area contributed by atoms with Gasteiger partial charge in [0.2, 0.25) is 0 Å². The standard InChI is InChI=1S/C23H21N5O4/c1-14(2)11-12-25-23(30)19(13-24)20-17-5-3-4-6-18(17)21(26-20)27-22(29)15-7-9-16(10-8-15)28(31)32/h3-10,14H,11-12H2,1-2H3,(H,25,30)(H,26,27,29). The molecule has 2 N–H and O–H groups in total. The topological polar surface area (TPSA) is 137 Å². The molecular formula is C23H21N5O4. The van der Waals surface area contributed by atoms with Gasteiger partial charge in [0.05, 0.1) is 10.6 Å². The fourth-order valence-corrected chi connectivity index (χ4v) is 3.10. The number of hydrogen-bond acceptors (Lipinski definition) is 6. The highest BCUT2D eigenvalue weighted by molar-refractivity contribution is 6.20. The Kier molecular flexibility index (Phi) is 6.75. The van der Waals surface area contributed by atoms with Crippen molar-refractivity contribution in [1.29, 1.82) is 5.26 Å².